The summed E-state index contributed by atoms with van der Waals surface area (Å²) in [5, 5.41) is 5.54. The Kier molecular flexibility index (Phi) is 7.08. The lowest BCUT2D eigenvalue weighted by molar-refractivity contribution is -0.118. The van der Waals surface area contributed by atoms with E-state index in [0.717, 1.165) is 37.3 Å². The molecule has 1 amide bonds. The van der Waals surface area contributed by atoms with Gasteiger partial charge in [-0.3, -0.25) is 4.79 Å². The van der Waals surface area contributed by atoms with Crippen molar-refractivity contribution < 1.29 is 17.9 Å². The van der Waals surface area contributed by atoms with Gasteiger partial charge in [-0.2, -0.15) is 0 Å². The molecule has 1 aliphatic heterocycles. The van der Waals surface area contributed by atoms with Crippen molar-refractivity contribution in [3.63, 3.8) is 0 Å². The minimum absolute atomic E-state index is 0.103. The van der Waals surface area contributed by atoms with E-state index in [-0.39, 0.29) is 16.7 Å². The van der Waals surface area contributed by atoms with E-state index in [4.69, 9.17) is 4.74 Å². The summed E-state index contributed by atoms with van der Waals surface area (Å²) in [7, 11) is -3.27. The molecule has 1 fully saturated rings. The Hall–Kier alpha value is -1.77. The molecule has 1 N–H and O–H groups in total. The van der Waals surface area contributed by atoms with E-state index < -0.39 is 9.84 Å². The zero-order valence-electron chi connectivity index (χ0n) is 17.1. The van der Waals surface area contributed by atoms with Crippen molar-refractivity contribution in [2.24, 2.45) is 5.92 Å². The number of carbonyl (C=O) groups is 1. The van der Waals surface area contributed by atoms with Gasteiger partial charge in [0, 0.05) is 24.8 Å². The molecule has 1 aromatic heterocycles. The van der Waals surface area contributed by atoms with Gasteiger partial charge in [0.1, 0.15) is 0 Å². The van der Waals surface area contributed by atoms with E-state index >= 15 is 0 Å². The predicted molar refractivity (Wildman–Crippen MR) is 115 cm³/mol. The predicted octanol–water partition coefficient (Wildman–Crippen LogP) is 4.21. The van der Waals surface area contributed by atoms with Gasteiger partial charge in [0.2, 0.25) is 5.91 Å². The maximum Gasteiger partial charge on any atom is 0.233 e. The molecule has 2 heterocycles. The molecule has 0 spiro atoms. The molecular formula is C21H28N2O4S2. The molecule has 1 saturated heterocycles. The highest BCUT2D eigenvalue weighted by atomic mass is 32.2. The molecule has 8 heteroatoms. The molecule has 1 aromatic carbocycles. The van der Waals surface area contributed by atoms with Crippen molar-refractivity contribution in [1.82, 2.24) is 4.98 Å². The second-order valence-electron chi connectivity index (χ2n) is 7.91. The van der Waals surface area contributed by atoms with Crippen LogP contribution in [0.2, 0.25) is 0 Å². The Bertz CT molecular complexity index is 930. The van der Waals surface area contributed by atoms with Gasteiger partial charge in [-0.05, 0) is 48.8 Å². The number of ether oxygens (including phenoxy) is 1. The molecule has 0 unspecified atom stereocenters. The quantitative estimate of drug-likeness (QED) is 0.703. The fourth-order valence-electron chi connectivity index (χ4n) is 3.46. The van der Waals surface area contributed by atoms with Crippen LogP contribution < -0.4 is 5.32 Å². The first kappa shape index (κ1) is 21.9. The molecule has 0 bridgehead atoms. The first-order valence-corrected chi connectivity index (χ1v) is 12.6. The molecule has 29 heavy (non-hydrogen) atoms. The molecule has 158 valence electrons. The summed E-state index contributed by atoms with van der Waals surface area (Å²) in [5.74, 6) is 0.237. The fourth-order valence-corrected chi connectivity index (χ4v) is 4.96. The number of benzene rings is 1. The van der Waals surface area contributed by atoms with Crippen molar-refractivity contribution in [2.75, 3.05) is 24.8 Å². The monoisotopic (exact) mass is 436 g/mol. The number of carbonyl (C=O) groups excluding carboxylic acids is 1. The highest BCUT2D eigenvalue weighted by molar-refractivity contribution is 7.90. The molecule has 0 aliphatic carbocycles. The van der Waals surface area contributed by atoms with Crippen molar-refractivity contribution in [1.29, 1.82) is 0 Å². The minimum atomic E-state index is -3.27. The van der Waals surface area contributed by atoms with Crippen molar-refractivity contribution >= 4 is 32.2 Å². The smallest absolute Gasteiger partial charge is 0.233 e. The van der Waals surface area contributed by atoms with E-state index in [1.807, 2.05) is 5.38 Å². The molecule has 1 aliphatic rings. The largest absolute Gasteiger partial charge is 0.381 e. The van der Waals surface area contributed by atoms with Crippen molar-refractivity contribution in [3.05, 3.63) is 40.9 Å². The summed E-state index contributed by atoms with van der Waals surface area (Å²) < 4.78 is 29.0. The third kappa shape index (κ3) is 5.87. The van der Waals surface area contributed by atoms with Crippen LogP contribution in [0.15, 0.2) is 34.5 Å². The number of sulfone groups is 1. The summed E-state index contributed by atoms with van der Waals surface area (Å²) in [6.45, 7) is 5.57. The summed E-state index contributed by atoms with van der Waals surface area (Å²) in [6, 6.07) is 6.66. The highest BCUT2D eigenvalue weighted by Crippen LogP contribution is 2.32. The number of nitrogens with zero attached hydrogens (tertiary/aromatic N) is 1. The van der Waals surface area contributed by atoms with Crippen LogP contribution in [-0.4, -0.2) is 38.8 Å². The summed E-state index contributed by atoms with van der Waals surface area (Å²) in [4.78, 5) is 17.9. The minimum Gasteiger partial charge on any atom is -0.381 e. The SMILES string of the molecule is CC(C)c1csc(NC(=O)[C@H](CC2CCOCC2)c2ccc(S(C)(=O)=O)cc2)n1. The number of hydrogen-bond donors (Lipinski definition) is 1. The maximum atomic E-state index is 13.2. The molecular weight excluding hydrogens is 408 g/mol. The Balaban J connectivity index is 1.82. The Morgan fingerprint density at radius 1 is 1.24 bits per heavy atom. The molecule has 3 rings (SSSR count). The van der Waals surface area contributed by atoms with E-state index in [1.165, 1.54) is 17.6 Å². The third-order valence-corrected chi connectivity index (χ3v) is 7.19. The fraction of sp³-hybridized carbons (Fsp3) is 0.524. The van der Waals surface area contributed by atoms with Crippen molar-refractivity contribution in [3.8, 4) is 0 Å². The van der Waals surface area contributed by atoms with Crippen LogP contribution in [0.5, 0.6) is 0 Å². The topological polar surface area (TPSA) is 85.4 Å². The van der Waals surface area contributed by atoms with Crippen molar-refractivity contribution in [2.45, 2.75) is 49.8 Å². The van der Waals surface area contributed by atoms with E-state index in [1.54, 1.807) is 24.3 Å². The molecule has 0 radical (unpaired) electrons. The number of hydrogen-bond acceptors (Lipinski definition) is 6. The lowest BCUT2D eigenvalue weighted by Crippen LogP contribution is -2.26. The second-order valence-corrected chi connectivity index (χ2v) is 10.8. The molecule has 0 saturated carbocycles. The van der Waals surface area contributed by atoms with Gasteiger partial charge in [0.05, 0.1) is 16.5 Å². The molecule has 1 atom stereocenters. The van der Waals surface area contributed by atoms with Gasteiger partial charge in [-0.15, -0.1) is 11.3 Å². The summed E-state index contributed by atoms with van der Waals surface area (Å²) in [5.41, 5.74) is 1.78. The Morgan fingerprint density at radius 3 is 2.45 bits per heavy atom. The van der Waals surface area contributed by atoms with Crippen LogP contribution in [0.4, 0.5) is 5.13 Å². The van der Waals surface area contributed by atoms with Crippen LogP contribution in [-0.2, 0) is 19.4 Å². The van der Waals surface area contributed by atoms with Crippen LogP contribution in [0.3, 0.4) is 0 Å². The normalized spacial score (nSPS) is 16.7. The Labute approximate surface area is 176 Å². The van der Waals surface area contributed by atoms with Gasteiger partial charge in [-0.25, -0.2) is 13.4 Å². The summed E-state index contributed by atoms with van der Waals surface area (Å²) >= 11 is 1.43. The average molecular weight is 437 g/mol. The zero-order chi connectivity index (χ0) is 21.0. The second kappa shape index (κ2) is 9.36. The summed E-state index contributed by atoms with van der Waals surface area (Å²) in [6.07, 6.45) is 3.75. The molecule has 2 aromatic rings. The number of anilines is 1. The average Bonchev–Trinajstić information content (AvgIpc) is 3.15. The van der Waals surface area contributed by atoms with Crippen LogP contribution in [0, 0.1) is 5.92 Å². The highest BCUT2D eigenvalue weighted by Gasteiger charge is 2.27. The van der Waals surface area contributed by atoms with E-state index in [9.17, 15) is 13.2 Å². The number of rotatable bonds is 7. The van der Waals surface area contributed by atoms with E-state index in [2.05, 4.69) is 24.1 Å². The standard InChI is InChI=1S/C21H28N2O4S2/c1-14(2)19-13-28-21(22-19)23-20(24)18(12-15-8-10-27-11-9-15)16-4-6-17(7-5-16)29(3,25)26/h4-7,13-15,18H,8-12H2,1-3H3,(H,22,23,24)/t18-/m1/s1. The lowest BCUT2D eigenvalue weighted by atomic mass is 9.84. The van der Waals surface area contributed by atoms with Crippen LogP contribution >= 0.6 is 11.3 Å². The zero-order valence-corrected chi connectivity index (χ0v) is 18.7. The molecule has 6 nitrogen and oxygen atoms in total. The Morgan fingerprint density at radius 2 is 1.90 bits per heavy atom. The third-order valence-electron chi connectivity index (χ3n) is 5.28. The van der Waals surface area contributed by atoms with Gasteiger partial charge in [0.25, 0.3) is 0 Å². The number of amides is 1. The van der Waals surface area contributed by atoms with Gasteiger partial charge >= 0.3 is 0 Å². The first-order valence-electron chi connectivity index (χ1n) is 9.88. The van der Waals surface area contributed by atoms with Gasteiger partial charge < -0.3 is 10.1 Å². The lowest BCUT2D eigenvalue weighted by Gasteiger charge is -2.26. The van der Waals surface area contributed by atoms with E-state index in [0.29, 0.717) is 23.4 Å². The number of thiazole rings is 1. The van der Waals surface area contributed by atoms with Gasteiger partial charge in [0.15, 0.2) is 15.0 Å². The first-order chi connectivity index (χ1) is 13.7. The number of nitrogens with one attached hydrogen (secondary N) is 1. The maximum absolute atomic E-state index is 13.2. The van der Waals surface area contributed by atoms with Crippen LogP contribution in [0.1, 0.15) is 56.2 Å². The van der Waals surface area contributed by atoms with Crippen LogP contribution in [0.25, 0.3) is 0 Å². The van der Waals surface area contributed by atoms with Gasteiger partial charge in [-0.1, -0.05) is 26.0 Å². The number of aromatic nitrogens is 1.